The molecule has 0 aliphatic carbocycles. The summed E-state index contributed by atoms with van der Waals surface area (Å²) in [5.41, 5.74) is 1.34. The Morgan fingerprint density at radius 2 is 2.04 bits per heavy atom. The number of hydrogen-bond acceptors (Lipinski definition) is 6. The van der Waals surface area contributed by atoms with Crippen LogP contribution in [-0.4, -0.2) is 27.3 Å². The summed E-state index contributed by atoms with van der Waals surface area (Å²) in [6.45, 7) is 1.83. The van der Waals surface area contributed by atoms with E-state index in [9.17, 15) is 14.4 Å². The Kier molecular flexibility index (Phi) is 4.44. The van der Waals surface area contributed by atoms with Crippen LogP contribution < -0.4 is 10.2 Å². The van der Waals surface area contributed by atoms with E-state index < -0.39 is 5.25 Å². The molecule has 1 aromatic carbocycles. The summed E-state index contributed by atoms with van der Waals surface area (Å²) in [5.74, 6) is -0.690. The summed E-state index contributed by atoms with van der Waals surface area (Å²) < 4.78 is 0. The Bertz CT molecular complexity index is 760. The Morgan fingerprint density at radius 3 is 2.70 bits per heavy atom. The monoisotopic (exact) mass is 347 g/mol. The van der Waals surface area contributed by atoms with Crippen molar-refractivity contribution in [1.29, 1.82) is 0 Å². The van der Waals surface area contributed by atoms with E-state index in [0.717, 1.165) is 22.4 Å². The van der Waals surface area contributed by atoms with Gasteiger partial charge in [-0.1, -0.05) is 18.2 Å². The minimum atomic E-state index is -0.705. The summed E-state index contributed by atoms with van der Waals surface area (Å²) in [6.07, 6.45) is -0.0583. The summed E-state index contributed by atoms with van der Waals surface area (Å²) in [7, 11) is 0. The van der Waals surface area contributed by atoms with Crippen LogP contribution in [0.2, 0.25) is 0 Å². The number of aromatic nitrogens is 1. The minimum Gasteiger partial charge on any atom is -0.302 e. The van der Waals surface area contributed by atoms with Gasteiger partial charge in [-0.25, -0.2) is 9.88 Å². The zero-order valence-electron chi connectivity index (χ0n) is 12.2. The molecule has 0 unspecified atom stereocenters. The number of nitrogens with one attached hydrogen (secondary N) is 1. The average molecular weight is 347 g/mol. The van der Waals surface area contributed by atoms with E-state index in [4.69, 9.17) is 0 Å². The molecule has 2 aromatic rings. The number of benzene rings is 1. The van der Waals surface area contributed by atoms with E-state index in [0.29, 0.717) is 10.8 Å². The molecular weight excluding hydrogens is 334 g/mol. The molecule has 6 nitrogen and oxygen atoms in total. The maximum absolute atomic E-state index is 12.4. The smallest absolute Gasteiger partial charge is 0.293 e. The third kappa shape index (κ3) is 3.43. The van der Waals surface area contributed by atoms with Gasteiger partial charge < -0.3 is 5.32 Å². The van der Waals surface area contributed by atoms with Gasteiger partial charge in [0.15, 0.2) is 5.13 Å². The minimum absolute atomic E-state index is 0.0583. The molecule has 23 heavy (non-hydrogen) atoms. The standard InChI is InChI=1S/C15H13N3O3S2/c1-9-8-22-14(16-9)17-12(19)7-11-13(20)18(15(21)23-11)10-5-3-2-4-6-10/h2-6,8,11H,7H2,1H3,(H,16,17,19)/t11-/m0/s1. The van der Waals surface area contributed by atoms with E-state index in [1.807, 2.05) is 18.4 Å². The van der Waals surface area contributed by atoms with E-state index >= 15 is 0 Å². The molecule has 2 heterocycles. The van der Waals surface area contributed by atoms with Crippen molar-refractivity contribution in [3.8, 4) is 0 Å². The first kappa shape index (κ1) is 15.7. The van der Waals surface area contributed by atoms with Crippen LogP contribution in [-0.2, 0) is 9.59 Å². The molecule has 118 valence electrons. The number of anilines is 2. The lowest BCUT2D eigenvalue weighted by Gasteiger charge is -2.13. The topological polar surface area (TPSA) is 79.4 Å². The van der Waals surface area contributed by atoms with Crippen LogP contribution in [0, 0.1) is 6.92 Å². The number of rotatable bonds is 4. The highest BCUT2D eigenvalue weighted by Crippen LogP contribution is 2.33. The van der Waals surface area contributed by atoms with Crippen LogP contribution in [0.25, 0.3) is 0 Å². The number of para-hydroxylation sites is 1. The molecule has 0 bridgehead atoms. The van der Waals surface area contributed by atoms with E-state index in [1.165, 1.54) is 11.3 Å². The van der Waals surface area contributed by atoms with Crippen LogP contribution >= 0.6 is 23.1 Å². The summed E-state index contributed by atoms with van der Waals surface area (Å²) in [4.78, 5) is 41.8. The van der Waals surface area contributed by atoms with Crippen molar-refractivity contribution < 1.29 is 14.4 Å². The number of carbonyl (C=O) groups is 3. The maximum Gasteiger partial charge on any atom is 0.293 e. The molecule has 1 atom stereocenters. The second-order valence-electron chi connectivity index (χ2n) is 4.93. The van der Waals surface area contributed by atoms with Crippen molar-refractivity contribution >= 4 is 51.0 Å². The quantitative estimate of drug-likeness (QED) is 0.919. The molecule has 3 rings (SSSR count). The van der Waals surface area contributed by atoms with Gasteiger partial charge >= 0.3 is 0 Å². The Morgan fingerprint density at radius 1 is 1.30 bits per heavy atom. The highest BCUT2D eigenvalue weighted by Gasteiger charge is 2.41. The molecular formula is C15H13N3O3S2. The van der Waals surface area contributed by atoms with Gasteiger partial charge in [0.05, 0.1) is 11.4 Å². The predicted octanol–water partition coefficient (Wildman–Crippen LogP) is 3.05. The molecule has 1 saturated heterocycles. The van der Waals surface area contributed by atoms with Gasteiger partial charge in [-0.15, -0.1) is 11.3 Å². The van der Waals surface area contributed by atoms with Crippen LogP contribution in [0.15, 0.2) is 35.7 Å². The fourth-order valence-electron chi connectivity index (χ4n) is 2.15. The number of thioether (sulfide) groups is 1. The van der Waals surface area contributed by atoms with Gasteiger partial charge in [0, 0.05) is 11.8 Å². The normalized spacial score (nSPS) is 17.6. The SMILES string of the molecule is Cc1csc(NC(=O)C[C@@H]2SC(=O)N(c3ccccc3)C2=O)n1. The van der Waals surface area contributed by atoms with Gasteiger partial charge in [0.2, 0.25) is 11.8 Å². The van der Waals surface area contributed by atoms with E-state index in [-0.39, 0.29) is 23.5 Å². The maximum atomic E-state index is 12.4. The molecule has 1 aromatic heterocycles. The number of imide groups is 1. The summed E-state index contributed by atoms with van der Waals surface area (Å²) in [5, 5.41) is 3.91. The number of carbonyl (C=O) groups excluding carboxylic acids is 3. The zero-order chi connectivity index (χ0) is 16.4. The molecule has 1 N–H and O–H groups in total. The van der Waals surface area contributed by atoms with Gasteiger partial charge in [0.1, 0.15) is 5.25 Å². The molecule has 1 aliphatic heterocycles. The largest absolute Gasteiger partial charge is 0.302 e. The summed E-state index contributed by atoms with van der Waals surface area (Å²) >= 11 is 2.20. The Balaban J connectivity index is 1.66. The molecule has 1 aliphatic rings. The molecule has 3 amide bonds. The molecule has 1 fully saturated rings. The molecule has 0 spiro atoms. The van der Waals surface area contributed by atoms with Crippen LogP contribution in [0.4, 0.5) is 15.6 Å². The molecule has 0 saturated carbocycles. The second-order valence-corrected chi connectivity index (χ2v) is 6.94. The predicted molar refractivity (Wildman–Crippen MR) is 90.8 cm³/mol. The Labute approximate surface area is 140 Å². The van der Waals surface area contributed by atoms with Crippen molar-refractivity contribution in [2.24, 2.45) is 0 Å². The van der Waals surface area contributed by atoms with Gasteiger partial charge in [-0.2, -0.15) is 0 Å². The molecule has 8 heteroatoms. The zero-order valence-corrected chi connectivity index (χ0v) is 13.8. The first-order valence-corrected chi connectivity index (χ1v) is 8.62. The number of hydrogen-bond donors (Lipinski definition) is 1. The summed E-state index contributed by atoms with van der Waals surface area (Å²) in [6, 6.07) is 8.70. The van der Waals surface area contributed by atoms with Crippen LogP contribution in [0.1, 0.15) is 12.1 Å². The number of nitrogens with zero attached hydrogens (tertiary/aromatic N) is 2. The van der Waals surface area contributed by atoms with Crippen LogP contribution in [0.3, 0.4) is 0 Å². The van der Waals surface area contributed by atoms with Gasteiger partial charge in [-0.05, 0) is 30.8 Å². The third-order valence-electron chi connectivity index (χ3n) is 3.17. The highest BCUT2D eigenvalue weighted by atomic mass is 32.2. The van der Waals surface area contributed by atoms with Crippen LogP contribution in [0.5, 0.6) is 0 Å². The van der Waals surface area contributed by atoms with Gasteiger partial charge in [0.25, 0.3) is 5.24 Å². The lowest BCUT2D eigenvalue weighted by Crippen LogP contribution is -2.32. The van der Waals surface area contributed by atoms with Crippen molar-refractivity contribution in [1.82, 2.24) is 4.98 Å². The lowest BCUT2D eigenvalue weighted by molar-refractivity contribution is -0.121. The molecule has 0 radical (unpaired) electrons. The first-order valence-electron chi connectivity index (χ1n) is 6.86. The van der Waals surface area contributed by atoms with Crippen molar-refractivity contribution in [3.63, 3.8) is 0 Å². The number of amides is 3. The highest BCUT2D eigenvalue weighted by molar-refractivity contribution is 8.15. The second kappa shape index (κ2) is 6.51. The average Bonchev–Trinajstić information content (AvgIpc) is 3.04. The Hall–Kier alpha value is -2.19. The van der Waals surface area contributed by atoms with Crippen molar-refractivity contribution in [3.05, 3.63) is 41.4 Å². The fourth-order valence-corrected chi connectivity index (χ4v) is 3.84. The third-order valence-corrected chi connectivity index (χ3v) is 5.08. The number of aryl methyl sites for hydroxylation is 1. The van der Waals surface area contributed by atoms with Crippen molar-refractivity contribution in [2.45, 2.75) is 18.6 Å². The lowest BCUT2D eigenvalue weighted by atomic mass is 10.2. The van der Waals surface area contributed by atoms with Gasteiger partial charge in [-0.3, -0.25) is 14.4 Å². The first-order chi connectivity index (χ1) is 11.0. The fraction of sp³-hybridized carbons (Fsp3) is 0.200. The van der Waals surface area contributed by atoms with E-state index in [2.05, 4.69) is 10.3 Å². The van der Waals surface area contributed by atoms with E-state index in [1.54, 1.807) is 24.3 Å². The number of thiazole rings is 1. The van der Waals surface area contributed by atoms with Crippen molar-refractivity contribution in [2.75, 3.05) is 10.2 Å².